The van der Waals surface area contributed by atoms with Crippen LogP contribution in [0.25, 0.3) is 6.08 Å². The zero-order valence-electron chi connectivity index (χ0n) is 14.6. The van der Waals surface area contributed by atoms with Gasteiger partial charge in [0.05, 0.1) is 19.9 Å². The summed E-state index contributed by atoms with van der Waals surface area (Å²) in [7, 11) is 3.00. The van der Waals surface area contributed by atoms with Crippen LogP contribution < -0.4 is 14.8 Å². The van der Waals surface area contributed by atoms with E-state index in [1.807, 2.05) is 0 Å². The molecule has 0 bridgehead atoms. The average molecular weight is 377 g/mol. The zero-order valence-corrected chi connectivity index (χ0v) is 14.6. The summed E-state index contributed by atoms with van der Waals surface area (Å²) >= 11 is 0. The summed E-state index contributed by atoms with van der Waals surface area (Å²) in [5.41, 5.74) is 0.445. The standard InChI is InChI=1S/C19H17F2NO5/c1-25-16-7-3-12(9-17(16)26-2)4-8-19(24)27-11-18(23)22-15-6-5-13(20)10-14(15)21/h3-10H,11H2,1-2H3,(H,22,23). The van der Waals surface area contributed by atoms with E-state index in [0.29, 0.717) is 23.1 Å². The number of nitrogens with one attached hydrogen (secondary N) is 1. The van der Waals surface area contributed by atoms with Gasteiger partial charge < -0.3 is 19.5 Å². The molecule has 0 aliphatic carbocycles. The highest BCUT2D eigenvalue weighted by Gasteiger charge is 2.10. The normalized spacial score (nSPS) is 10.5. The van der Waals surface area contributed by atoms with Crippen LogP contribution in [-0.4, -0.2) is 32.7 Å². The quantitative estimate of drug-likeness (QED) is 0.593. The van der Waals surface area contributed by atoms with E-state index in [9.17, 15) is 18.4 Å². The van der Waals surface area contributed by atoms with E-state index < -0.39 is 30.1 Å². The van der Waals surface area contributed by atoms with Gasteiger partial charge in [-0.05, 0) is 35.9 Å². The monoisotopic (exact) mass is 377 g/mol. The molecule has 0 unspecified atom stereocenters. The van der Waals surface area contributed by atoms with E-state index >= 15 is 0 Å². The van der Waals surface area contributed by atoms with Gasteiger partial charge in [0.25, 0.3) is 5.91 Å². The number of benzene rings is 2. The van der Waals surface area contributed by atoms with Gasteiger partial charge in [-0.3, -0.25) is 4.79 Å². The number of carbonyl (C=O) groups is 2. The van der Waals surface area contributed by atoms with Crippen molar-refractivity contribution in [2.45, 2.75) is 0 Å². The number of esters is 1. The fourth-order valence-corrected chi connectivity index (χ4v) is 2.08. The second-order valence-electron chi connectivity index (χ2n) is 5.23. The summed E-state index contributed by atoms with van der Waals surface area (Å²) in [6.07, 6.45) is 2.61. The number of rotatable bonds is 7. The second kappa shape index (κ2) is 9.33. The number of ether oxygens (including phenoxy) is 3. The van der Waals surface area contributed by atoms with Gasteiger partial charge in [0.15, 0.2) is 18.1 Å². The van der Waals surface area contributed by atoms with Crippen LogP contribution in [0.15, 0.2) is 42.5 Å². The van der Waals surface area contributed by atoms with Crippen molar-refractivity contribution >= 4 is 23.6 Å². The minimum absolute atomic E-state index is 0.210. The summed E-state index contributed by atoms with van der Waals surface area (Å²) in [5.74, 6) is -2.18. The molecule has 0 aliphatic heterocycles. The van der Waals surface area contributed by atoms with E-state index in [0.717, 1.165) is 18.2 Å². The SMILES string of the molecule is COc1ccc(C=CC(=O)OCC(=O)Nc2ccc(F)cc2F)cc1OC. The number of hydrogen-bond acceptors (Lipinski definition) is 5. The summed E-state index contributed by atoms with van der Waals surface area (Å²) in [5, 5.41) is 2.18. The predicted octanol–water partition coefficient (Wildman–Crippen LogP) is 3.18. The lowest BCUT2D eigenvalue weighted by Crippen LogP contribution is -2.20. The Hall–Kier alpha value is -3.42. The maximum atomic E-state index is 13.4. The molecule has 0 radical (unpaired) electrons. The third-order valence-electron chi connectivity index (χ3n) is 3.37. The van der Waals surface area contributed by atoms with Crippen molar-refractivity contribution < 1.29 is 32.6 Å². The highest BCUT2D eigenvalue weighted by atomic mass is 19.1. The van der Waals surface area contributed by atoms with Gasteiger partial charge in [0, 0.05) is 12.1 Å². The summed E-state index contributed by atoms with van der Waals surface area (Å²) in [6, 6.07) is 7.74. The molecule has 2 rings (SSSR count). The molecule has 0 saturated heterocycles. The number of amides is 1. The molecule has 0 fully saturated rings. The number of anilines is 1. The molecule has 0 aromatic heterocycles. The van der Waals surface area contributed by atoms with Crippen molar-refractivity contribution in [3.8, 4) is 11.5 Å². The van der Waals surface area contributed by atoms with Crippen molar-refractivity contribution in [3.63, 3.8) is 0 Å². The van der Waals surface area contributed by atoms with Crippen molar-refractivity contribution in [1.82, 2.24) is 0 Å². The molecule has 2 aromatic rings. The summed E-state index contributed by atoms with van der Waals surface area (Å²) in [6.45, 7) is -0.619. The summed E-state index contributed by atoms with van der Waals surface area (Å²) in [4.78, 5) is 23.4. The molecule has 6 nitrogen and oxygen atoms in total. The smallest absolute Gasteiger partial charge is 0.331 e. The van der Waals surface area contributed by atoms with E-state index in [-0.39, 0.29) is 5.69 Å². The predicted molar refractivity (Wildman–Crippen MR) is 94.5 cm³/mol. The highest BCUT2D eigenvalue weighted by molar-refractivity contribution is 5.94. The molecular formula is C19H17F2NO5. The van der Waals surface area contributed by atoms with Gasteiger partial charge in [0.1, 0.15) is 11.6 Å². The maximum Gasteiger partial charge on any atom is 0.331 e. The Kier molecular flexibility index (Phi) is 6.87. The molecule has 8 heteroatoms. The first-order valence-corrected chi connectivity index (χ1v) is 7.74. The van der Waals surface area contributed by atoms with Crippen molar-refractivity contribution in [2.24, 2.45) is 0 Å². The fourth-order valence-electron chi connectivity index (χ4n) is 2.08. The molecule has 142 valence electrons. The number of halogens is 2. The van der Waals surface area contributed by atoms with Crippen LogP contribution in [0.3, 0.4) is 0 Å². The van der Waals surface area contributed by atoms with Crippen LogP contribution >= 0.6 is 0 Å². The van der Waals surface area contributed by atoms with Crippen molar-refractivity contribution in [2.75, 3.05) is 26.1 Å². The molecule has 27 heavy (non-hydrogen) atoms. The lowest BCUT2D eigenvalue weighted by Gasteiger charge is -2.07. The molecular weight excluding hydrogens is 360 g/mol. The van der Waals surface area contributed by atoms with E-state index in [1.165, 1.54) is 20.3 Å². The van der Waals surface area contributed by atoms with Crippen molar-refractivity contribution in [1.29, 1.82) is 0 Å². The molecule has 0 aliphatic rings. The fraction of sp³-hybridized carbons (Fsp3) is 0.158. The average Bonchev–Trinajstić information content (AvgIpc) is 2.66. The third-order valence-corrected chi connectivity index (χ3v) is 3.37. The number of hydrogen-bond donors (Lipinski definition) is 1. The molecule has 0 spiro atoms. The van der Waals surface area contributed by atoms with Gasteiger partial charge in [0.2, 0.25) is 0 Å². The van der Waals surface area contributed by atoms with Gasteiger partial charge in [-0.15, -0.1) is 0 Å². The number of carbonyl (C=O) groups excluding carboxylic acids is 2. The van der Waals surface area contributed by atoms with E-state index in [2.05, 4.69) is 5.32 Å². The molecule has 0 atom stereocenters. The second-order valence-corrected chi connectivity index (χ2v) is 5.23. The Bertz CT molecular complexity index is 867. The van der Waals surface area contributed by atoms with E-state index in [4.69, 9.17) is 14.2 Å². The van der Waals surface area contributed by atoms with Gasteiger partial charge >= 0.3 is 5.97 Å². The molecule has 1 N–H and O–H groups in total. The Morgan fingerprint density at radius 3 is 2.44 bits per heavy atom. The van der Waals surface area contributed by atoms with E-state index in [1.54, 1.807) is 18.2 Å². The largest absolute Gasteiger partial charge is 0.493 e. The molecule has 0 heterocycles. The van der Waals surface area contributed by atoms with Gasteiger partial charge in [-0.25, -0.2) is 13.6 Å². The Balaban J connectivity index is 1.88. The van der Waals surface area contributed by atoms with Crippen LogP contribution in [0.1, 0.15) is 5.56 Å². The van der Waals surface area contributed by atoms with Gasteiger partial charge in [-0.2, -0.15) is 0 Å². The first kappa shape index (κ1) is 19.9. The van der Waals surface area contributed by atoms with Crippen LogP contribution in [0.4, 0.5) is 14.5 Å². The first-order valence-electron chi connectivity index (χ1n) is 7.74. The lowest BCUT2D eigenvalue weighted by molar-refractivity contribution is -0.142. The topological polar surface area (TPSA) is 73.9 Å². The Morgan fingerprint density at radius 2 is 1.78 bits per heavy atom. The molecule has 0 saturated carbocycles. The van der Waals surface area contributed by atoms with Crippen LogP contribution in [0, 0.1) is 11.6 Å². The first-order chi connectivity index (χ1) is 12.9. The maximum absolute atomic E-state index is 13.4. The van der Waals surface area contributed by atoms with Gasteiger partial charge in [-0.1, -0.05) is 6.07 Å². The Labute approximate surface area is 154 Å². The van der Waals surface area contributed by atoms with Crippen LogP contribution in [0.5, 0.6) is 11.5 Å². The molecule has 2 aromatic carbocycles. The van der Waals surface area contributed by atoms with Crippen LogP contribution in [-0.2, 0) is 14.3 Å². The minimum atomic E-state index is -0.928. The Morgan fingerprint density at radius 1 is 1.04 bits per heavy atom. The summed E-state index contributed by atoms with van der Waals surface area (Å²) < 4.78 is 41.3. The van der Waals surface area contributed by atoms with Crippen LogP contribution in [0.2, 0.25) is 0 Å². The lowest BCUT2D eigenvalue weighted by atomic mass is 10.2. The van der Waals surface area contributed by atoms with Crippen molar-refractivity contribution in [3.05, 3.63) is 59.7 Å². The molecule has 1 amide bonds. The highest BCUT2D eigenvalue weighted by Crippen LogP contribution is 2.27. The zero-order chi connectivity index (χ0) is 19.8. The number of methoxy groups -OCH3 is 2. The third kappa shape index (κ3) is 5.81. The minimum Gasteiger partial charge on any atom is -0.493 e.